The molecule has 1 aliphatic heterocycles. The SMILES string of the molecule is CN1CCC[C@@H](CNc2nc3cc(F)ccc3o2)[C@@H]1c1ccnn1C. The average Bonchev–Trinajstić information content (AvgIpc) is 3.18. The van der Waals surface area contributed by atoms with Crippen molar-refractivity contribution in [3.63, 3.8) is 0 Å². The van der Waals surface area contributed by atoms with Crippen LogP contribution in [-0.4, -0.2) is 39.8 Å². The van der Waals surface area contributed by atoms with Crippen molar-refractivity contribution in [1.29, 1.82) is 0 Å². The minimum atomic E-state index is -0.308. The van der Waals surface area contributed by atoms with E-state index in [4.69, 9.17) is 4.42 Å². The molecule has 0 radical (unpaired) electrons. The second-order valence-corrected chi connectivity index (χ2v) is 6.72. The quantitative estimate of drug-likeness (QED) is 0.788. The van der Waals surface area contributed by atoms with Crippen molar-refractivity contribution in [1.82, 2.24) is 19.7 Å². The number of nitrogens with zero attached hydrogens (tertiary/aromatic N) is 4. The Kier molecular flexibility index (Phi) is 4.17. The smallest absolute Gasteiger partial charge is 0.295 e. The average molecular weight is 343 g/mol. The highest BCUT2D eigenvalue weighted by atomic mass is 19.1. The Hall–Kier alpha value is -2.41. The third-order valence-corrected chi connectivity index (χ3v) is 5.03. The van der Waals surface area contributed by atoms with E-state index in [1.165, 1.54) is 17.8 Å². The fraction of sp³-hybridized carbons (Fsp3) is 0.444. The van der Waals surface area contributed by atoms with Crippen LogP contribution in [0.25, 0.3) is 11.1 Å². The molecule has 1 aliphatic rings. The van der Waals surface area contributed by atoms with Gasteiger partial charge in [-0.3, -0.25) is 9.58 Å². The summed E-state index contributed by atoms with van der Waals surface area (Å²) in [7, 11) is 4.14. The lowest BCUT2D eigenvalue weighted by atomic mass is 9.87. The fourth-order valence-corrected chi connectivity index (χ4v) is 3.81. The monoisotopic (exact) mass is 343 g/mol. The molecule has 0 spiro atoms. The van der Waals surface area contributed by atoms with E-state index >= 15 is 0 Å². The van der Waals surface area contributed by atoms with Crippen LogP contribution in [0.5, 0.6) is 0 Å². The van der Waals surface area contributed by atoms with Crippen LogP contribution in [0, 0.1) is 11.7 Å². The van der Waals surface area contributed by atoms with Crippen LogP contribution in [0.3, 0.4) is 0 Å². The summed E-state index contributed by atoms with van der Waals surface area (Å²) in [4.78, 5) is 6.72. The summed E-state index contributed by atoms with van der Waals surface area (Å²) in [6, 6.07) is 7.20. The van der Waals surface area contributed by atoms with Crippen molar-refractivity contribution in [3.8, 4) is 0 Å². The minimum Gasteiger partial charge on any atom is -0.424 e. The number of fused-ring (bicyclic) bond motifs is 1. The second kappa shape index (κ2) is 6.48. The van der Waals surface area contributed by atoms with E-state index in [0.717, 1.165) is 25.9 Å². The predicted molar refractivity (Wildman–Crippen MR) is 93.8 cm³/mol. The summed E-state index contributed by atoms with van der Waals surface area (Å²) >= 11 is 0. The summed E-state index contributed by atoms with van der Waals surface area (Å²) < 4.78 is 20.9. The third-order valence-electron chi connectivity index (χ3n) is 5.03. The van der Waals surface area contributed by atoms with Gasteiger partial charge in [-0.25, -0.2) is 4.39 Å². The number of hydrogen-bond donors (Lipinski definition) is 1. The molecule has 3 heterocycles. The lowest BCUT2D eigenvalue weighted by Gasteiger charge is -2.39. The largest absolute Gasteiger partial charge is 0.424 e. The molecule has 3 aromatic rings. The summed E-state index contributed by atoms with van der Waals surface area (Å²) in [5, 5.41) is 7.62. The zero-order valence-corrected chi connectivity index (χ0v) is 14.4. The highest BCUT2D eigenvalue weighted by molar-refractivity contribution is 5.74. The van der Waals surface area contributed by atoms with E-state index < -0.39 is 0 Å². The van der Waals surface area contributed by atoms with Crippen LogP contribution >= 0.6 is 0 Å². The molecule has 4 rings (SSSR count). The number of anilines is 1. The first-order valence-corrected chi connectivity index (χ1v) is 8.60. The maximum Gasteiger partial charge on any atom is 0.295 e. The molecule has 2 aromatic heterocycles. The zero-order valence-electron chi connectivity index (χ0n) is 14.4. The summed E-state index contributed by atoms with van der Waals surface area (Å²) in [5.41, 5.74) is 2.34. The first kappa shape index (κ1) is 16.1. The molecule has 1 N–H and O–H groups in total. The van der Waals surface area contributed by atoms with Crippen molar-refractivity contribution >= 4 is 17.1 Å². The molecule has 0 amide bonds. The normalized spacial score (nSPS) is 21.7. The van der Waals surface area contributed by atoms with Gasteiger partial charge in [0.05, 0.1) is 11.7 Å². The van der Waals surface area contributed by atoms with Gasteiger partial charge in [-0.2, -0.15) is 10.1 Å². The fourth-order valence-electron chi connectivity index (χ4n) is 3.81. The molecule has 1 fully saturated rings. The van der Waals surface area contributed by atoms with Crippen LogP contribution in [0.15, 0.2) is 34.9 Å². The number of piperidine rings is 1. The Morgan fingerprint density at radius 1 is 1.32 bits per heavy atom. The van der Waals surface area contributed by atoms with E-state index in [0.29, 0.717) is 29.1 Å². The molecule has 7 heteroatoms. The maximum atomic E-state index is 13.3. The second-order valence-electron chi connectivity index (χ2n) is 6.72. The van der Waals surface area contributed by atoms with Crippen molar-refractivity contribution < 1.29 is 8.81 Å². The van der Waals surface area contributed by atoms with E-state index in [9.17, 15) is 4.39 Å². The number of benzene rings is 1. The van der Waals surface area contributed by atoms with Gasteiger partial charge in [-0.1, -0.05) is 0 Å². The maximum absolute atomic E-state index is 13.3. The van der Waals surface area contributed by atoms with Crippen LogP contribution in [0.1, 0.15) is 24.6 Å². The molecule has 1 saturated heterocycles. The zero-order chi connectivity index (χ0) is 17.4. The molecule has 0 unspecified atom stereocenters. The van der Waals surface area contributed by atoms with Crippen LogP contribution in [0.4, 0.5) is 10.4 Å². The molecule has 0 bridgehead atoms. The van der Waals surface area contributed by atoms with Crippen LogP contribution < -0.4 is 5.32 Å². The first-order valence-electron chi connectivity index (χ1n) is 8.60. The van der Waals surface area contributed by atoms with Gasteiger partial charge in [-0.15, -0.1) is 0 Å². The van der Waals surface area contributed by atoms with Gasteiger partial charge in [-0.05, 0) is 50.6 Å². The Balaban J connectivity index is 1.52. The molecule has 6 nitrogen and oxygen atoms in total. The Morgan fingerprint density at radius 3 is 3.00 bits per heavy atom. The van der Waals surface area contributed by atoms with Crippen LogP contribution in [-0.2, 0) is 7.05 Å². The molecular formula is C18H22FN5O. The molecule has 0 aliphatic carbocycles. The Morgan fingerprint density at radius 2 is 2.20 bits per heavy atom. The number of hydrogen-bond acceptors (Lipinski definition) is 5. The van der Waals surface area contributed by atoms with Gasteiger partial charge in [0.1, 0.15) is 11.3 Å². The highest BCUT2D eigenvalue weighted by Gasteiger charge is 2.32. The topological polar surface area (TPSA) is 59.1 Å². The third kappa shape index (κ3) is 3.11. The molecule has 1 aromatic carbocycles. The first-order chi connectivity index (χ1) is 12.1. The Bertz CT molecular complexity index is 873. The number of nitrogens with one attached hydrogen (secondary N) is 1. The van der Waals surface area contributed by atoms with Gasteiger partial charge >= 0.3 is 0 Å². The molecule has 132 valence electrons. The Labute approximate surface area is 145 Å². The van der Waals surface area contributed by atoms with Crippen LogP contribution in [0.2, 0.25) is 0 Å². The van der Waals surface area contributed by atoms with Crippen molar-refractivity contribution in [2.75, 3.05) is 25.5 Å². The molecular weight excluding hydrogens is 321 g/mol. The lowest BCUT2D eigenvalue weighted by molar-refractivity contribution is 0.120. The highest BCUT2D eigenvalue weighted by Crippen LogP contribution is 2.35. The van der Waals surface area contributed by atoms with Crippen molar-refractivity contribution in [2.24, 2.45) is 13.0 Å². The van der Waals surface area contributed by atoms with E-state index in [-0.39, 0.29) is 5.82 Å². The number of oxazole rings is 1. The lowest BCUT2D eigenvalue weighted by Crippen LogP contribution is -2.39. The molecule has 25 heavy (non-hydrogen) atoms. The molecule has 2 atom stereocenters. The number of aromatic nitrogens is 3. The van der Waals surface area contributed by atoms with Gasteiger partial charge in [0, 0.05) is 25.9 Å². The van der Waals surface area contributed by atoms with Gasteiger partial charge < -0.3 is 9.73 Å². The van der Waals surface area contributed by atoms with Gasteiger partial charge in [0.15, 0.2) is 5.58 Å². The number of halogens is 1. The predicted octanol–water partition coefficient (Wildman–Crippen LogP) is 3.20. The van der Waals surface area contributed by atoms with E-state index in [2.05, 4.69) is 33.4 Å². The minimum absolute atomic E-state index is 0.301. The van der Waals surface area contributed by atoms with E-state index in [1.807, 2.05) is 17.9 Å². The number of likely N-dealkylation sites (tertiary alicyclic amines) is 1. The number of aryl methyl sites for hydroxylation is 1. The number of rotatable bonds is 4. The van der Waals surface area contributed by atoms with Gasteiger partial charge in [0.2, 0.25) is 0 Å². The van der Waals surface area contributed by atoms with Gasteiger partial charge in [0.25, 0.3) is 6.01 Å². The summed E-state index contributed by atoms with van der Waals surface area (Å²) in [6.07, 6.45) is 4.13. The summed E-state index contributed by atoms with van der Waals surface area (Å²) in [5.74, 6) is 0.110. The summed E-state index contributed by atoms with van der Waals surface area (Å²) in [6.45, 7) is 1.82. The molecule has 0 saturated carbocycles. The van der Waals surface area contributed by atoms with Crippen molar-refractivity contribution in [2.45, 2.75) is 18.9 Å². The standard InChI is InChI=1S/C18H22FN5O/c1-23-9-3-4-12(17(23)15-7-8-21-24(15)2)11-20-18-22-14-10-13(19)5-6-16(14)25-18/h5-8,10,12,17H,3-4,9,11H2,1-2H3,(H,20,22)/t12-,17+/m0/s1. The van der Waals surface area contributed by atoms with Crippen molar-refractivity contribution in [3.05, 3.63) is 42.0 Å². The van der Waals surface area contributed by atoms with E-state index in [1.54, 1.807) is 6.07 Å².